The molecule has 0 radical (unpaired) electrons. The summed E-state index contributed by atoms with van der Waals surface area (Å²) in [6.07, 6.45) is 3.99. The zero-order valence-corrected chi connectivity index (χ0v) is 12.7. The fraction of sp³-hybridized carbons (Fsp3) is 0.500. The van der Waals surface area contributed by atoms with E-state index in [1.54, 1.807) is 0 Å². The summed E-state index contributed by atoms with van der Waals surface area (Å²) in [7, 11) is 2.20. The molecule has 2 aliphatic heterocycles. The molecular formula is C16H25N5. The van der Waals surface area contributed by atoms with Crippen LogP contribution in [-0.2, 0) is 13.1 Å². The standard InChI is InChI=1S/C16H25N5/c1-20-8-10-21(11-9-20)13-15-5-3-2-4-14(15)12-19-16-17-6-7-18-16/h2-7,16-19H,8-13H2,1H3. The summed E-state index contributed by atoms with van der Waals surface area (Å²) in [5.41, 5.74) is 2.81. The van der Waals surface area contributed by atoms with Gasteiger partial charge >= 0.3 is 0 Å². The molecule has 0 saturated carbocycles. The third-order valence-electron chi connectivity index (χ3n) is 4.21. The summed E-state index contributed by atoms with van der Waals surface area (Å²) in [4.78, 5) is 4.95. The summed E-state index contributed by atoms with van der Waals surface area (Å²) in [6, 6.07) is 8.74. The first-order valence-electron chi connectivity index (χ1n) is 7.69. The molecule has 0 spiro atoms. The van der Waals surface area contributed by atoms with Gasteiger partial charge in [0.05, 0.1) is 0 Å². The van der Waals surface area contributed by atoms with Gasteiger partial charge in [-0.05, 0) is 18.2 Å². The number of hydrogen-bond donors (Lipinski definition) is 3. The fourth-order valence-corrected chi connectivity index (χ4v) is 2.80. The van der Waals surface area contributed by atoms with Gasteiger partial charge in [-0.2, -0.15) is 0 Å². The van der Waals surface area contributed by atoms with Crippen LogP contribution in [0, 0.1) is 0 Å². The molecule has 21 heavy (non-hydrogen) atoms. The predicted molar refractivity (Wildman–Crippen MR) is 85.3 cm³/mol. The molecule has 1 fully saturated rings. The number of benzene rings is 1. The SMILES string of the molecule is CN1CCN(Cc2ccccc2CNC2NC=CN2)CC1. The Labute approximate surface area is 127 Å². The number of hydrogen-bond acceptors (Lipinski definition) is 5. The van der Waals surface area contributed by atoms with Crippen molar-refractivity contribution in [3.05, 3.63) is 47.8 Å². The molecular weight excluding hydrogens is 262 g/mol. The van der Waals surface area contributed by atoms with Gasteiger partial charge in [0.2, 0.25) is 0 Å². The smallest absolute Gasteiger partial charge is 0.152 e. The molecule has 0 aromatic heterocycles. The number of piperazine rings is 1. The van der Waals surface area contributed by atoms with E-state index in [2.05, 4.69) is 57.1 Å². The highest BCUT2D eigenvalue weighted by Gasteiger charge is 2.15. The van der Waals surface area contributed by atoms with Crippen LogP contribution < -0.4 is 16.0 Å². The van der Waals surface area contributed by atoms with Crippen LogP contribution in [0.25, 0.3) is 0 Å². The second kappa shape index (κ2) is 6.93. The van der Waals surface area contributed by atoms with Crippen molar-refractivity contribution in [2.75, 3.05) is 33.2 Å². The Morgan fingerprint density at radius 2 is 1.71 bits per heavy atom. The lowest BCUT2D eigenvalue weighted by Gasteiger charge is -2.32. The van der Waals surface area contributed by atoms with Crippen LogP contribution in [0.4, 0.5) is 0 Å². The van der Waals surface area contributed by atoms with Crippen LogP contribution >= 0.6 is 0 Å². The largest absolute Gasteiger partial charge is 0.358 e. The first kappa shape index (κ1) is 14.4. The maximum Gasteiger partial charge on any atom is 0.152 e. The summed E-state index contributed by atoms with van der Waals surface area (Å²) in [6.45, 7) is 6.58. The molecule has 2 aliphatic rings. The van der Waals surface area contributed by atoms with Crippen molar-refractivity contribution in [3.63, 3.8) is 0 Å². The summed E-state index contributed by atoms with van der Waals surface area (Å²) >= 11 is 0. The molecule has 0 atom stereocenters. The van der Waals surface area contributed by atoms with Crippen molar-refractivity contribution in [2.24, 2.45) is 0 Å². The second-order valence-electron chi connectivity index (χ2n) is 5.83. The number of rotatable bonds is 5. The third kappa shape index (κ3) is 3.97. The molecule has 0 aliphatic carbocycles. The molecule has 0 amide bonds. The van der Waals surface area contributed by atoms with Gasteiger partial charge in [0.25, 0.3) is 0 Å². The normalized spacial score (nSPS) is 20.4. The summed E-state index contributed by atoms with van der Waals surface area (Å²) in [5, 5.41) is 9.90. The molecule has 1 aromatic carbocycles. The molecule has 5 heteroatoms. The van der Waals surface area contributed by atoms with Crippen molar-refractivity contribution in [1.82, 2.24) is 25.8 Å². The second-order valence-corrected chi connectivity index (χ2v) is 5.83. The van der Waals surface area contributed by atoms with Gasteiger partial charge in [-0.25, -0.2) is 0 Å². The maximum absolute atomic E-state index is 3.47. The highest BCUT2D eigenvalue weighted by molar-refractivity contribution is 5.27. The van der Waals surface area contributed by atoms with Crippen LogP contribution in [-0.4, -0.2) is 49.3 Å². The first-order valence-corrected chi connectivity index (χ1v) is 7.69. The van der Waals surface area contributed by atoms with Crippen molar-refractivity contribution in [3.8, 4) is 0 Å². The highest BCUT2D eigenvalue weighted by Crippen LogP contribution is 2.13. The van der Waals surface area contributed by atoms with Gasteiger partial charge in [-0.1, -0.05) is 24.3 Å². The van der Waals surface area contributed by atoms with Crippen LogP contribution in [0.3, 0.4) is 0 Å². The van der Waals surface area contributed by atoms with E-state index in [1.165, 1.54) is 24.2 Å². The Bertz CT molecular complexity index is 471. The van der Waals surface area contributed by atoms with E-state index < -0.39 is 0 Å². The topological polar surface area (TPSA) is 42.6 Å². The van der Waals surface area contributed by atoms with E-state index in [1.807, 2.05) is 12.4 Å². The van der Waals surface area contributed by atoms with Crippen molar-refractivity contribution in [1.29, 1.82) is 0 Å². The molecule has 0 unspecified atom stereocenters. The monoisotopic (exact) mass is 287 g/mol. The summed E-state index contributed by atoms with van der Waals surface area (Å²) < 4.78 is 0. The van der Waals surface area contributed by atoms with Gasteiger partial charge in [-0.3, -0.25) is 10.2 Å². The lowest BCUT2D eigenvalue weighted by molar-refractivity contribution is 0.148. The molecule has 3 rings (SSSR count). The van der Waals surface area contributed by atoms with E-state index in [9.17, 15) is 0 Å². The van der Waals surface area contributed by atoms with E-state index in [0.29, 0.717) is 0 Å². The molecule has 114 valence electrons. The fourth-order valence-electron chi connectivity index (χ4n) is 2.80. The Morgan fingerprint density at radius 3 is 2.43 bits per heavy atom. The molecule has 5 nitrogen and oxygen atoms in total. The minimum atomic E-state index is 0.140. The Kier molecular flexibility index (Phi) is 4.75. The van der Waals surface area contributed by atoms with Crippen molar-refractivity contribution >= 4 is 0 Å². The van der Waals surface area contributed by atoms with Crippen LogP contribution in [0.5, 0.6) is 0 Å². The van der Waals surface area contributed by atoms with E-state index in [-0.39, 0.29) is 6.29 Å². The third-order valence-corrected chi connectivity index (χ3v) is 4.21. The summed E-state index contributed by atoms with van der Waals surface area (Å²) in [5.74, 6) is 0. The zero-order chi connectivity index (χ0) is 14.5. The van der Waals surface area contributed by atoms with Crippen LogP contribution in [0.2, 0.25) is 0 Å². The van der Waals surface area contributed by atoms with Gasteiger partial charge in [-0.15, -0.1) is 0 Å². The van der Waals surface area contributed by atoms with Crippen molar-refractivity contribution < 1.29 is 0 Å². The van der Waals surface area contributed by atoms with Crippen LogP contribution in [0.1, 0.15) is 11.1 Å². The van der Waals surface area contributed by atoms with Crippen LogP contribution in [0.15, 0.2) is 36.7 Å². The Morgan fingerprint density at radius 1 is 1.05 bits per heavy atom. The number of nitrogens with zero attached hydrogens (tertiary/aromatic N) is 2. The average Bonchev–Trinajstić information content (AvgIpc) is 3.02. The molecule has 1 saturated heterocycles. The Hall–Kier alpha value is -1.56. The maximum atomic E-state index is 3.47. The molecule has 3 N–H and O–H groups in total. The highest BCUT2D eigenvalue weighted by atomic mass is 15.3. The minimum absolute atomic E-state index is 0.140. The zero-order valence-electron chi connectivity index (χ0n) is 12.7. The van der Waals surface area contributed by atoms with Gasteiger partial charge in [0.1, 0.15) is 0 Å². The van der Waals surface area contributed by atoms with E-state index in [0.717, 1.165) is 26.2 Å². The number of nitrogens with one attached hydrogen (secondary N) is 3. The molecule has 1 aromatic rings. The van der Waals surface area contributed by atoms with E-state index >= 15 is 0 Å². The number of likely N-dealkylation sites (N-methyl/N-ethyl adjacent to an activating group) is 1. The first-order chi connectivity index (χ1) is 10.3. The van der Waals surface area contributed by atoms with Gasteiger partial charge < -0.3 is 15.5 Å². The predicted octanol–water partition coefficient (Wildman–Crippen LogP) is 0.471. The quantitative estimate of drug-likeness (QED) is 0.735. The van der Waals surface area contributed by atoms with Gasteiger partial charge in [0, 0.05) is 51.7 Å². The van der Waals surface area contributed by atoms with E-state index in [4.69, 9.17) is 0 Å². The van der Waals surface area contributed by atoms with Gasteiger partial charge in [0.15, 0.2) is 6.29 Å². The minimum Gasteiger partial charge on any atom is -0.358 e. The molecule has 2 heterocycles. The molecule has 0 bridgehead atoms. The lowest BCUT2D eigenvalue weighted by atomic mass is 10.1. The Balaban J connectivity index is 1.56. The van der Waals surface area contributed by atoms with Crippen molar-refractivity contribution in [2.45, 2.75) is 19.4 Å². The average molecular weight is 287 g/mol. The lowest BCUT2D eigenvalue weighted by Crippen LogP contribution is -2.45.